The van der Waals surface area contributed by atoms with Crippen LogP contribution >= 0.6 is 23.2 Å². The maximum atomic E-state index is 13.7. The molecule has 0 radical (unpaired) electrons. The second kappa shape index (κ2) is 6.85. The van der Waals surface area contributed by atoms with Crippen molar-refractivity contribution in [1.29, 1.82) is 0 Å². The number of amides is 1. The van der Waals surface area contributed by atoms with Crippen molar-refractivity contribution >= 4 is 29.1 Å². The molecule has 0 unspecified atom stereocenters. The summed E-state index contributed by atoms with van der Waals surface area (Å²) in [7, 11) is 1.40. The first-order chi connectivity index (χ1) is 10.4. The third kappa shape index (κ3) is 3.43. The van der Waals surface area contributed by atoms with Crippen LogP contribution in [0.2, 0.25) is 10.0 Å². The predicted octanol–water partition coefficient (Wildman–Crippen LogP) is 3.82. The van der Waals surface area contributed by atoms with E-state index in [0.29, 0.717) is 0 Å². The van der Waals surface area contributed by atoms with E-state index in [-0.39, 0.29) is 39.3 Å². The lowest BCUT2D eigenvalue weighted by Crippen LogP contribution is -2.12. The van der Waals surface area contributed by atoms with Gasteiger partial charge in [0.05, 0.1) is 22.7 Å². The van der Waals surface area contributed by atoms with Crippen LogP contribution in [-0.4, -0.2) is 13.0 Å². The lowest BCUT2D eigenvalue weighted by atomic mass is 10.2. The van der Waals surface area contributed by atoms with Crippen LogP contribution in [-0.2, 0) is 6.61 Å². The van der Waals surface area contributed by atoms with Crippen molar-refractivity contribution in [2.45, 2.75) is 6.61 Å². The van der Waals surface area contributed by atoms with E-state index in [2.05, 4.69) is 0 Å². The normalized spacial score (nSPS) is 10.4. The van der Waals surface area contributed by atoms with Crippen LogP contribution in [0.25, 0.3) is 0 Å². The van der Waals surface area contributed by atoms with Gasteiger partial charge in [-0.3, -0.25) is 4.79 Å². The van der Waals surface area contributed by atoms with Crippen molar-refractivity contribution in [3.05, 3.63) is 57.3 Å². The van der Waals surface area contributed by atoms with Gasteiger partial charge in [0.15, 0.2) is 11.5 Å². The van der Waals surface area contributed by atoms with Crippen LogP contribution < -0.4 is 15.2 Å². The second-order valence-corrected chi connectivity index (χ2v) is 5.15. The van der Waals surface area contributed by atoms with Crippen LogP contribution in [0.5, 0.6) is 11.5 Å². The molecule has 2 rings (SSSR count). The van der Waals surface area contributed by atoms with Crippen molar-refractivity contribution < 1.29 is 18.7 Å². The Morgan fingerprint density at radius 2 is 1.95 bits per heavy atom. The van der Waals surface area contributed by atoms with E-state index in [1.165, 1.54) is 31.4 Å². The van der Waals surface area contributed by atoms with Gasteiger partial charge >= 0.3 is 0 Å². The van der Waals surface area contributed by atoms with E-state index in [0.717, 1.165) is 0 Å². The predicted molar refractivity (Wildman–Crippen MR) is 82.3 cm³/mol. The Labute approximate surface area is 136 Å². The monoisotopic (exact) mass is 343 g/mol. The van der Waals surface area contributed by atoms with Crippen LogP contribution in [0.15, 0.2) is 30.3 Å². The van der Waals surface area contributed by atoms with Gasteiger partial charge in [-0.05, 0) is 18.2 Å². The molecule has 0 saturated carbocycles. The van der Waals surface area contributed by atoms with Gasteiger partial charge in [-0.1, -0.05) is 29.3 Å². The van der Waals surface area contributed by atoms with Crippen LogP contribution in [0.4, 0.5) is 4.39 Å². The fourth-order valence-electron chi connectivity index (χ4n) is 1.82. The summed E-state index contributed by atoms with van der Waals surface area (Å²) in [6.07, 6.45) is 0. The number of methoxy groups -OCH3 is 1. The standard InChI is InChI=1S/C15H12Cl2FNO3/c1-21-13-5-8(15(19)20)11(17)6-14(13)22-7-9-10(16)3-2-4-12(9)18/h2-6H,7H2,1H3,(H2,19,20). The summed E-state index contributed by atoms with van der Waals surface area (Å²) in [6, 6.07) is 7.09. The molecule has 116 valence electrons. The number of hydrogen-bond donors (Lipinski definition) is 1. The third-order valence-corrected chi connectivity index (χ3v) is 3.62. The summed E-state index contributed by atoms with van der Waals surface area (Å²) in [4.78, 5) is 11.2. The number of halogens is 3. The van der Waals surface area contributed by atoms with Gasteiger partial charge in [-0.2, -0.15) is 0 Å². The summed E-state index contributed by atoms with van der Waals surface area (Å²) in [6.45, 7) is -0.117. The zero-order chi connectivity index (χ0) is 16.3. The first kappa shape index (κ1) is 16.4. The maximum Gasteiger partial charge on any atom is 0.250 e. The van der Waals surface area contributed by atoms with Gasteiger partial charge in [0.2, 0.25) is 5.91 Å². The Bertz CT molecular complexity index is 702. The molecule has 0 aliphatic heterocycles. The Kier molecular flexibility index (Phi) is 5.11. The minimum atomic E-state index is -0.688. The van der Waals surface area contributed by atoms with Crippen LogP contribution in [0, 0.1) is 5.82 Å². The lowest BCUT2D eigenvalue weighted by molar-refractivity contribution is 0.1000. The molecule has 0 aromatic heterocycles. The van der Waals surface area contributed by atoms with Gasteiger partial charge in [-0.15, -0.1) is 0 Å². The molecule has 2 aromatic rings. The Morgan fingerprint density at radius 3 is 2.55 bits per heavy atom. The number of benzene rings is 2. The molecule has 2 aromatic carbocycles. The number of primary amides is 1. The zero-order valence-corrected chi connectivity index (χ0v) is 13.0. The number of carbonyl (C=O) groups is 1. The van der Waals surface area contributed by atoms with Crippen LogP contribution in [0.1, 0.15) is 15.9 Å². The molecule has 0 heterocycles. The summed E-state index contributed by atoms with van der Waals surface area (Å²) in [5, 5.41) is 0.363. The molecule has 0 aliphatic rings. The SMILES string of the molecule is COc1cc(C(N)=O)c(Cl)cc1OCc1c(F)cccc1Cl. The summed E-state index contributed by atoms with van der Waals surface area (Å²) in [5.41, 5.74) is 5.52. The molecule has 4 nitrogen and oxygen atoms in total. The smallest absolute Gasteiger partial charge is 0.250 e. The van der Waals surface area contributed by atoms with E-state index in [1.807, 2.05) is 0 Å². The maximum absolute atomic E-state index is 13.7. The van der Waals surface area contributed by atoms with E-state index < -0.39 is 11.7 Å². The van der Waals surface area contributed by atoms with Gasteiger partial charge < -0.3 is 15.2 Å². The van der Waals surface area contributed by atoms with Crippen molar-refractivity contribution in [2.24, 2.45) is 5.73 Å². The molecule has 0 spiro atoms. The molecule has 7 heteroatoms. The van der Waals surface area contributed by atoms with Gasteiger partial charge in [0.1, 0.15) is 12.4 Å². The number of nitrogens with two attached hydrogens (primary N) is 1. The van der Waals surface area contributed by atoms with E-state index in [4.69, 9.17) is 38.4 Å². The molecule has 0 aliphatic carbocycles. The van der Waals surface area contributed by atoms with Crippen molar-refractivity contribution in [3.8, 4) is 11.5 Å². The number of rotatable bonds is 5. The second-order valence-electron chi connectivity index (χ2n) is 4.34. The highest BCUT2D eigenvalue weighted by Gasteiger charge is 2.15. The van der Waals surface area contributed by atoms with Gasteiger partial charge in [0, 0.05) is 11.6 Å². The van der Waals surface area contributed by atoms with E-state index in [9.17, 15) is 9.18 Å². The van der Waals surface area contributed by atoms with Crippen LogP contribution in [0.3, 0.4) is 0 Å². The average molecular weight is 344 g/mol. The van der Waals surface area contributed by atoms with Gasteiger partial charge in [0.25, 0.3) is 0 Å². The molecule has 2 N–H and O–H groups in total. The summed E-state index contributed by atoms with van der Waals surface area (Å²) >= 11 is 11.9. The number of hydrogen-bond acceptors (Lipinski definition) is 3. The first-order valence-corrected chi connectivity index (χ1v) is 6.92. The highest BCUT2D eigenvalue weighted by molar-refractivity contribution is 6.34. The molecule has 0 atom stereocenters. The highest BCUT2D eigenvalue weighted by Crippen LogP contribution is 2.34. The first-order valence-electron chi connectivity index (χ1n) is 6.17. The number of ether oxygens (including phenoxy) is 2. The Balaban J connectivity index is 2.30. The van der Waals surface area contributed by atoms with Gasteiger partial charge in [-0.25, -0.2) is 4.39 Å². The van der Waals surface area contributed by atoms with E-state index >= 15 is 0 Å². The minimum absolute atomic E-state index is 0.106. The van der Waals surface area contributed by atoms with E-state index in [1.54, 1.807) is 6.07 Å². The van der Waals surface area contributed by atoms with Crippen molar-refractivity contribution in [1.82, 2.24) is 0 Å². The minimum Gasteiger partial charge on any atom is -0.493 e. The fraction of sp³-hybridized carbons (Fsp3) is 0.133. The molecule has 22 heavy (non-hydrogen) atoms. The molecular weight excluding hydrogens is 332 g/mol. The lowest BCUT2D eigenvalue weighted by Gasteiger charge is -2.13. The summed E-state index contributed by atoms with van der Waals surface area (Å²) in [5.74, 6) is -0.666. The third-order valence-electron chi connectivity index (χ3n) is 2.95. The quantitative estimate of drug-likeness (QED) is 0.897. The molecular formula is C15H12Cl2FNO3. The molecule has 0 fully saturated rings. The zero-order valence-electron chi connectivity index (χ0n) is 11.5. The molecule has 0 saturated heterocycles. The van der Waals surface area contributed by atoms with Crippen molar-refractivity contribution in [3.63, 3.8) is 0 Å². The number of carbonyl (C=O) groups excluding carboxylic acids is 1. The topological polar surface area (TPSA) is 61.5 Å². The van der Waals surface area contributed by atoms with Crippen molar-refractivity contribution in [2.75, 3.05) is 7.11 Å². The summed E-state index contributed by atoms with van der Waals surface area (Å²) < 4.78 is 24.3. The molecule has 1 amide bonds. The highest BCUT2D eigenvalue weighted by atomic mass is 35.5. The average Bonchev–Trinajstić information content (AvgIpc) is 2.46. The Hall–Kier alpha value is -1.98. The largest absolute Gasteiger partial charge is 0.493 e. The molecule has 0 bridgehead atoms. The Morgan fingerprint density at radius 1 is 1.23 bits per heavy atom. The fourth-order valence-corrected chi connectivity index (χ4v) is 2.28.